The highest BCUT2D eigenvalue weighted by molar-refractivity contribution is 7.09. The van der Waals surface area contributed by atoms with Crippen LogP contribution in [0.3, 0.4) is 0 Å². The number of hydrogen-bond acceptors (Lipinski definition) is 5. The summed E-state index contributed by atoms with van der Waals surface area (Å²) >= 11 is 1.59. The van der Waals surface area contributed by atoms with E-state index in [-0.39, 0.29) is 35.7 Å². The molecule has 0 unspecified atom stereocenters. The Hall–Kier alpha value is -2.22. The summed E-state index contributed by atoms with van der Waals surface area (Å²) < 4.78 is 1.75. The summed E-state index contributed by atoms with van der Waals surface area (Å²) in [5.74, 6) is 0.0775. The van der Waals surface area contributed by atoms with Gasteiger partial charge >= 0.3 is 0 Å². The number of rotatable bonds is 6. The van der Waals surface area contributed by atoms with E-state index in [1.165, 1.54) is 0 Å². The van der Waals surface area contributed by atoms with E-state index < -0.39 is 0 Å². The van der Waals surface area contributed by atoms with Crippen molar-refractivity contribution in [2.75, 3.05) is 6.54 Å². The lowest BCUT2D eigenvalue weighted by Gasteiger charge is -2.38. The number of hydrogen-bond donors (Lipinski definition) is 1. The Labute approximate surface area is 170 Å². The molecule has 0 bridgehead atoms. The molecule has 2 aromatic heterocycles. The summed E-state index contributed by atoms with van der Waals surface area (Å²) in [6.45, 7) is 8.65. The zero-order valence-corrected chi connectivity index (χ0v) is 18.0. The van der Waals surface area contributed by atoms with E-state index in [9.17, 15) is 9.59 Å². The Kier molecular flexibility index (Phi) is 5.88. The second-order valence-corrected chi connectivity index (χ2v) is 9.30. The Morgan fingerprint density at radius 2 is 2.14 bits per heavy atom. The predicted molar refractivity (Wildman–Crippen MR) is 109 cm³/mol. The number of thiazole rings is 1. The van der Waals surface area contributed by atoms with Crippen molar-refractivity contribution in [1.29, 1.82) is 0 Å². The fraction of sp³-hybridized carbons (Fsp3) is 0.600. The maximum absolute atomic E-state index is 12.8. The van der Waals surface area contributed by atoms with Crippen LogP contribution in [0, 0.1) is 5.92 Å². The van der Waals surface area contributed by atoms with E-state index >= 15 is 0 Å². The van der Waals surface area contributed by atoms with Gasteiger partial charge in [0.15, 0.2) is 0 Å². The molecule has 7 nitrogen and oxygen atoms in total. The van der Waals surface area contributed by atoms with Gasteiger partial charge in [-0.05, 0) is 27.2 Å². The van der Waals surface area contributed by atoms with Crippen molar-refractivity contribution in [3.05, 3.63) is 34.0 Å². The average Bonchev–Trinajstić information content (AvgIpc) is 3.30. The number of carbonyl (C=O) groups is 2. The molecule has 2 atom stereocenters. The van der Waals surface area contributed by atoms with E-state index in [1.54, 1.807) is 16.0 Å². The average molecular weight is 404 g/mol. The van der Waals surface area contributed by atoms with Crippen molar-refractivity contribution in [1.82, 2.24) is 25.0 Å². The minimum atomic E-state index is -0.298. The number of carbonyl (C=O) groups excluding carboxylic acids is 2. The molecule has 2 aromatic rings. The van der Waals surface area contributed by atoms with Crippen molar-refractivity contribution in [3.8, 4) is 0 Å². The van der Waals surface area contributed by atoms with Crippen LogP contribution >= 0.6 is 11.3 Å². The number of aryl methyl sites for hydroxylation is 2. The lowest BCUT2D eigenvalue weighted by atomic mass is 9.93. The smallest absolute Gasteiger partial charge is 0.226 e. The second-order valence-electron chi connectivity index (χ2n) is 8.36. The van der Waals surface area contributed by atoms with Gasteiger partial charge in [-0.1, -0.05) is 6.92 Å². The summed E-state index contributed by atoms with van der Waals surface area (Å²) in [5, 5.41) is 10.3. The van der Waals surface area contributed by atoms with Gasteiger partial charge in [-0.3, -0.25) is 14.3 Å². The monoisotopic (exact) mass is 403 g/mol. The van der Waals surface area contributed by atoms with E-state index in [0.717, 1.165) is 22.7 Å². The van der Waals surface area contributed by atoms with E-state index in [0.29, 0.717) is 13.0 Å². The van der Waals surface area contributed by atoms with Crippen LogP contribution < -0.4 is 5.32 Å². The van der Waals surface area contributed by atoms with E-state index in [2.05, 4.69) is 22.3 Å². The molecule has 0 radical (unpaired) electrons. The highest BCUT2D eigenvalue weighted by Gasteiger charge is 2.45. The molecule has 0 spiro atoms. The summed E-state index contributed by atoms with van der Waals surface area (Å²) in [7, 11) is 1.87. The van der Waals surface area contributed by atoms with Gasteiger partial charge in [0, 0.05) is 48.6 Å². The molecule has 2 amide bonds. The SMILES string of the molecule is CCc1nc(CC(=O)NC[C@@H]2CC(=O)N(C(C)(C)C)[C@H]2c2cnn(C)c2)cs1. The summed E-state index contributed by atoms with van der Waals surface area (Å²) in [4.78, 5) is 31.6. The molecule has 3 heterocycles. The van der Waals surface area contributed by atoms with Gasteiger partial charge in [-0.2, -0.15) is 5.10 Å². The summed E-state index contributed by atoms with van der Waals surface area (Å²) in [5.41, 5.74) is 1.52. The number of nitrogens with zero attached hydrogens (tertiary/aromatic N) is 4. The number of likely N-dealkylation sites (tertiary alicyclic amines) is 1. The molecule has 8 heteroatoms. The van der Waals surface area contributed by atoms with E-state index in [4.69, 9.17) is 0 Å². The molecule has 1 aliphatic rings. The summed E-state index contributed by atoms with van der Waals surface area (Å²) in [6.07, 6.45) is 5.36. The molecular formula is C20H29N5O2S. The highest BCUT2D eigenvalue weighted by atomic mass is 32.1. The third kappa shape index (κ3) is 4.43. The van der Waals surface area contributed by atoms with Crippen molar-refractivity contribution in [2.24, 2.45) is 13.0 Å². The van der Waals surface area contributed by atoms with Gasteiger partial charge in [0.05, 0.1) is 29.4 Å². The number of amides is 2. The Bertz CT molecular complexity index is 851. The fourth-order valence-electron chi connectivity index (χ4n) is 3.85. The Morgan fingerprint density at radius 1 is 1.39 bits per heavy atom. The van der Waals surface area contributed by atoms with Crippen LogP contribution in [0.2, 0.25) is 0 Å². The van der Waals surface area contributed by atoms with Crippen LogP contribution in [-0.4, -0.2) is 43.6 Å². The quantitative estimate of drug-likeness (QED) is 0.804. The molecule has 1 aliphatic heterocycles. The maximum Gasteiger partial charge on any atom is 0.226 e. The van der Waals surface area contributed by atoms with Crippen molar-refractivity contribution >= 4 is 23.2 Å². The first-order chi connectivity index (χ1) is 13.2. The molecule has 0 saturated carbocycles. The third-order valence-electron chi connectivity index (χ3n) is 5.02. The van der Waals surface area contributed by atoms with Gasteiger partial charge in [0.25, 0.3) is 0 Å². The van der Waals surface area contributed by atoms with Gasteiger partial charge in [-0.25, -0.2) is 4.98 Å². The summed E-state index contributed by atoms with van der Waals surface area (Å²) in [6, 6.07) is -0.0903. The highest BCUT2D eigenvalue weighted by Crippen LogP contribution is 2.41. The Morgan fingerprint density at radius 3 is 2.71 bits per heavy atom. The third-order valence-corrected chi connectivity index (χ3v) is 6.07. The number of aromatic nitrogens is 3. The van der Waals surface area contributed by atoms with Crippen LogP contribution in [-0.2, 0) is 29.5 Å². The minimum Gasteiger partial charge on any atom is -0.355 e. The molecule has 152 valence electrons. The molecule has 1 fully saturated rings. The van der Waals surface area contributed by atoms with Crippen LogP contribution in [0.5, 0.6) is 0 Å². The molecule has 3 rings (SSSR count). The second kappa shape index (κ2) is 8.03. The molecule has 0 aliphatic carbocycles. The topological polar surface area (TPSA) is 80.1 Å². The predicted octanol–water partition coefficient (Wildman–Crippen LogP) is 2.49. The van der Waals surface area contributed by atoms with Gasteiger partial charge in [0.2, 0.25) is 11.8 Å². The normalized spacial score (nSPS) is 20.0. The zero-order valence-electron chi connectivity index (χ0n) is 17.2. The van der Waals surface area contributed by atoms with Crippen LogP contribution in [0.4, 0.5) is 0 Å². The maximum atomic E-state index is 12.8. The molecule has 28 heavy (non-hydrogen) atoms. The van der Waals surface area contributed by atoms with Crippen molar-refractivity contribution in [3.63, 3.8) is 0 Å². The minimum absolute atomic E-state index is 0.0153. The first kappa shape index (κ1) is 20.5. The van der Waals surface area contributed by atoms with E-state index in [1.807, 2.05) is 50.5 Å². The molecular weight excluding hydrogens is 374 g/mol. The van der Waals surface area contributed by atoms with Crippen molar-refractivity contribution < 1.29 is 9.59 Å². The zero-order chi connectivity index (χ0) is 20.5. The molecule has 0 aromatic carbocycles. The lowest BCUT2D eigenvalue weighted by molar-refractivity contribution is -0.133. The first-order valence-electron chi connectivity index (χ1n) is 9.69. The standard InChI is InChI=1S/C20H29N5O2S/c1-6-17-23-15(12-28-17)8-16(26)21-9-13-7-18(27)25(20(2,3)4)19(13)14-10-22-24(5)11-14/h10-13,19H,6-9H2,1-5H3,(H,21,26)/t13-,19+/m0/s1. The fourth-order valence-corrected chi connectivity index (χ4v) is 4.60. The van der Waals surface area contributed by atoms with Crippen LogP contribution in [0.15, 0.2) is 17.8 Å². The van der Waals surface area contributed by atoms with Gasteiger partial charge < -0.3 is 10.2 Å². The first-order valence-corrected chi connectivity index (χ1v) is 10.6. The van der Waals surface area contributed by atoms with Crippen LogP contribution in [0.25, 0.3) is 0 Å². The van der Waals surface area contributed by atoms with Crippen molar-refractivity contribution in [2.45, 2.75) is 58.5 Å². The van der Waals surface area contributed by atoms with Gasteiger partial charge in [0.1, 0.15) is 0 Å². The van der Waals surface area contributed by atoms with Gasteiger partial charge in [-0.15, -0.1) is 11.3 Å². The molecule has 1 saturated heterocycles. The lowest BCUT2D eigenvalue weighted by Crippen LogP contribution is -2.44. The Balaban J connectivity index is 1.70. The molecule has 1 N–H and O–H groups in total. The largest absolute Gasteiger partial charge is 0.355 e. The van der Waals surface area contributed by atoms with Crippen LogP contribution in [0.1, 0.15) is 56.4 Å². The number of nitrogens with one attached hydrogen (secondary N) is 1.